The second-order valence-electron chi connectivity index (χ2n) is 13.0. The largest absolute Gasteiger partial charge is 0.504 e. The number of hydrogen-bond donors (Lipinski definition) is 6. The molecule has 0 atom stereocenters. The number of nitrogens with zero attached hydrogens (tertiary/aromatic N) is 4. The molecule has 0 aliphatic heterocycles. The van der Waals surface area contributed by atoms with E-state index in [1.165, 1.54) is 12.1 Å². The standard InChI is InChI=1S/C40H40N6O8S2/c1-5-21-17-25(18-22(6-2)33(21)43-45-35-31(41)27-13-9-11-15-29(27)39(37(35)47)55(49,50)51)26-19-23(7-3)34(24(8-4)20-26)44-46-36-32(42)28-14-10-12-16-30(28)40(38(36)48)56(52,53)54/h9-20,47-48H,5-8,41-42H2,1-4H3,(H,49,50,51)(H,52,53,54)/b45-43+,46-44+. The van der Waals surface area contributed by atoms with E-state index in [1.807, 2.05) is 52.0 Å². The van der Waals surface area contributed by atoms with Crippen LogP contribution in [0.25, 0.3) is 32.7 Å². The lowest BCUT2D eigenvalue weighted by atomic mass is 9.92. The molecule has 0 heterocycles. The first-order valence-electron chi connectivity index (χ1n) is 17.7. The third-order valence-electron chi connectivity index (χ3n) is 9.72. The number of fused-ring (bicyclic) bond motifs is 2. The van der Waals surface area contributed by atoms with Gasteiger partial charge in [-0.05, 0) is 83.3 Å². The van der Waals surface area contributed by atoms with Crippen LogP contribution >= 0.6 is 0 Å². The minimum Gasteiger partial charge on any atom is -0.504 e. The Morgan fingerprint density at radius 3 is 1.02 bits per heavy atom. The molecule has 0 amide bonds. The van der Waals surface area contributed by atoms with Gasteiger partial charge in [-0.2, -0.15) is 16.8 Å². The summed E-state index contributed by atoms with van der Waals surface area (Å²) in [4.78, 5) is -1.42. The number of azo groups is 2. The van der Waals surface area contributed by atoms with Crippen LogP contribution in [0.4, 0.5) is 34.1 Å². The van der Waals surface area contributed by atoms with E-state index in [2.05, 4.69) is 20.5 Å². The lowest BCUT2D eigenvalue weighted by Crippen LogP contribution is -2.02. The molecule has 0 unspecified atom stereocenters. The van der Waals surface area contributed by atoms with Gasteiger partial charge in [-0.15, -0.1) is 20.5 Å². The summed E-state index contributed by atoms with van der Waals surface area (Å²) in [6.07, 6.45) is 2.17. The van der Waals surface area contributed by atoms with E-state index in [4.69, 9.17) is 11.5 Å². The SMILES string of the molecule is CCc1cc(-c2cc(CC)c(/N=N/c3c(O)c(S(=O)(=O)O)c4ccccc4c3N)c(CC)c2)cc(CC)c1/N=N/c1c(O)c(S(=O)(=O)O)c2ccccc2c1N. The Kier molecular flexibility index (Phi) is 10.9. The summed E-state index contributed by atoms with van der Waals surface area (Å²) >= 11 is 0. The summed E-state index contributed by atoms with van der Waals surface area (Å²) in [5.74, 6) is -1.62. The normalized spacial score (nSPS) is 12.5. The molecule has 0 aliphatic rings. The number of hydrogen-bond acceptors (Lipinski definition) is 12. The van der Waals surface area contributed by atoms with Crippen LogP contribution in [0.3, 0.4) is 0 Å². The molecule has 16 heteroatoms. The van der Waals surface area contributed by atoms with Crippen LogP contribution in [0.15, 0.2) is 103 Å². The fourth-order valence-corrected chi connectivity index (χ4v) is 8.52. The first kappa shape index (κ1) is 39.7. The van der Waals surface area contributed by atoms with Crippen LogP contribution < -0.4 is 11.5 Å². The van der Waals surface area contributed by atoms with Gasteiger partial charge in [0.15, 0.2) is 22.9 Å². The number of phenols is 2. The van der Waals surface area contributed by atoms with Crippen LogP contribution in [0.1, 0.15) is 49.9 Å². The van der Waals surface area contributed by atoms with Crippen molar-refractivity contribution in [2.75, 3.05) is 11.5 Å². The second kappa shape index (κ2) is 15.3. The number of aryl methyl sites for hydroxylation is 4. The van der Waals surface area contributed by atoms with E-state index in [0.717, 1.165) is 33.4 Å². The van der Waals surface area contributed by atoms with Crippen LogP contribution in [-0.4, -0.2) is 36.2 Å². The summed E-state index contributed by atoms with van der Waals surface area (Å²) in [6, 6.07) is 20.3. The molecule has 0 aromatic heterocycles. The van der Waals surface area contributed by atoms with Gasteiger partial charge in [0.05, 0.1) is 22.7 Å². The van der Waals surface area contributed by atoms with Crippen LogP contribution in [0, 0.1) is 0 Å². The van der Waals surface area contributed by atoms with Crippen molar-refractivity contribution in [2.24, 2.45) is 20.5 Å². The monoisotopic (exact) mass is 796 g/mol. The van der Waals surface area contributed by atoms with Crippen LogP contribution in [0.2, 0.25) is 0 Å². The van der Waals surface area contributed by atoms with Gasteiger partial charge in [0.1, 0.15) is 9.79 Å². The van der Waals surface area contributed by atoms with E-state index in [0.29, 0.717) is 37.1 Å². The Morgan fingerprint density at radius 1 is 0.482 bits per heavy atom. The summed E-state index contributed by atoms with van der Waals surface area (Å²) < 4.78 is 69.3. The highest BCUT2D eigenvalue weighted by atomic mass is 32.2. The van der Waals surface area contributed by atoms with E-state index in [-0.39, 0.29) is 44.3 Å². The summed E-state index contributed by atoms with van der Waals surface area (Å²) in [6.45, 7) is 7.82. The van der Waals surface area contributed by atoms with Gasteiger partial charge in [0.25, 0.3) is 20.2 Å². The molecule has 14 nitrogen and oxygen atoms in total. The lowest BCUT2D eigenvalue weighted by molar-refractivity contribution is 0.444. The van der Waals surface area contributed by atoms with Crippen molar-refractivity contribution in [1.29, 1.82) is 0 Å². The average molecular weight is 797 g/mol. The van der Waals surface area contributed by atoms with E-state index >= 15 is 0 Å². The number of rotatable bonds is 11. The number of aromatic hydroxyl groups is 2. The number of nitrogens with two attached hydrogens (primary N) is 2. The van der Waals surface area contributed by atoms with Gasteiger partial charge < -0.3 is 21.7 Å². The van der Waals surface area contributed by atoms with Crippen molar-refractivity contribution in [3.05, 3.63) is 95.1 Å². The maximum absolute atomic E-state index is 12.3. The Balaban J connectivity index is 1.45. The summed E-state index contributed by atoms with van der Waals surface area (Å²) in [5.41, 5.74) is 18.2. The molecular formula is C40H40N6O8S2. The van der Waals surface area contributed by atoms with Gasteiger partial charge in [0.2, 0.25) is 0 Å². The van der Waals surface area contributed by atoms with Gasteiger partial charge in [-0.1, -0.05) is 76.2 Å². The molecule has 0 saturated heterocycles. The highest BCUT2D eigenvalue weighted by molar-refractivity contribution is 7.86. The number of phenolic OH excluding ortho intramolecular Hbond substituents is 2. The van der Waals surface area contributed by atoms with Crippen molar-refractivity contribution in [3.8, 4) is 22.6 Å². The van der Waals surface area contributed by atoms with Crippen molar-refractivity contribution in [2.45, 2.75) is 63.2 Å². The summed E-state index contributed by atoms with van der Waals surface area (Å²) in [7, 11) is -9.73. The third-order valence-corrected chi connectivity index (χ3v) is 11.6. The Labute approximate surface area is 323 Å². The average Bonchev–Trinajstić information content (AvgIpc) is 3.16. The van der Waals surface area contributed by atoms with Gasteiger partial charge in [0, 0.05) is 21.5 Å². The van der Waals surface area contributed by atoms with Crippen LogP contribution in [0.5, 0.6) is 11.5 Å². The number of benzene rings is 6. The molecular weight excluding hydrogens is 757 g/mol. The first-order chi connectivity index (χ1) is 26.5. The van der Waals surface area contributed by atoms with Crippen molar-refractivity contribution >= 4 is 75.9 Å². The molecule has 6 aromatic rings. The molecule has 56 heavy (non-hydrogen) atoms. The van der Waals surface area contributed by atoms with Crippen LogP contribution in [-0.2, 0) is 45.9 Å². The molecule has 6 rings (SSSR count). The van der Waals surface area contributed by atoms with Crippen molar-refractivity contribution in [1.82, 2.24) is 0 Å². The number of anilines is 2. The molecule has 0 aliphatic carbocycles. The fourth-order valence-electron chi connectivity index (χ4n) is 6.93. The van der Waals surface area contributed by atoms with Crippen molar-refractivity contribution < 1.29 is 36.2 Å². The Bertz CT molecular complexity index is 2610. The molecule has 0 bridgehead atoms. The zero-order valence-electron chi connectivity index (χ0n) is 30.9. The predicted molar refractivity (Wildman–Crippen MR) is 217 cm³/mol. The maximum atomic E-state index is 12.3. The van der Waals surface area contributed by atoms with Gasteiger partial charge >= 0.3 is 0 Å². The lowest BCUT2D eigenvalue weighted by Gasteiger charge is -2.16. The van der Waals surface area contributed by atoms with Crippen molar-refractivity contribution in [3.63, 3.8) is 0 Å². The first-order valence-corrected chi connectivity index (χ1v) is 20.6. The molecule has 0 fully saturated rings. The highest BCUT2D eigenvalue weighted by Crippen LogP contribution is 2.48. The maximum Gasteiger partial charge on any atom is 0.298 e. The van der Waals surface area contributed by atoms with Gasteiger partial charge in [-0.25, -0.2) is 0 Å². The highest BCUT2D eigenvalue weighted by Gasteiger charge is 2.27. The number of nitrogen functional groups attached to an aromatic ring is 2. The smallest absolute Gasteiger partial charge is 0.298 e. The van der Waals surface area contributed by atoms with E-state index in [1.54, 1.807) is 36.4 Å². The zero-order chi connectivity index (χ0) is 40.7. The van der Waals surface area contributed by atoms with E-state index in [9.17, 15) is 36.2 Å². The quantitative estimate of drug-likeness (QED) is 0.0411. The Hall–Kier alpha value is -5.94. The predicted octanol–water partition coefficient (Wildman–Crippen LogP) is 9.81. The molecule has 0 saturated carbocycles. The van der Waals surface area contributed by atoms with Gasteiger partial charge in [-0.3, -0.25) is 9.11 Å². The molecule has 8 N–H and O–H groups in total. The summed E-state index contributed by atoms with van der Waals surface area (Å²) in [5, 5.41) is 40.2. The zero-order valence-corrected chi connectivity index (χ0v) is 32.6. The fraction of sp³-hybridized carbons (Fsp3) is 0.200. The minimum atomic E-state index is -4.86. The molecule has 0 spiro atoms. The second-order valence-corrected chi connectivity index (χ2v) is 15.7. The topological polar surface area (TPSA) is 251 Å². The molecule has 6 aromatic carbocycles. The third kappa shape index (κ3) is 7.14. The minimum absolute atomic E-state index is 0.00391. The van der Waals surface area contributed by atoms with E-state index < -0.39 is 41.5 Å². The Morgan fingerprint density at radius 2 is 0.750 bits per heavy atom. The molecule has 0 radical (unpaired) electrons. The molecule has 290 valence electrons.